The third-order valence-electron chi connectivity index (χ3n) is 5.30. The molecule has 0 bridgehead atoms. The van der Waals surface area contributed by atoms with Crippen LogP contribution in [-0.4, -0.2) is 70.8 Å². The van der Waals surface area contributed by atoms with E-state index in [1.165, 1.54) is 17.2 Å². The van der Waals surface area contributed by atoms with Gasteiger partial charge in [0.05, 0.1) is 11.8 Å². The highest BCUT2D eigenvalue weighted by molar-refractivity contribution is 7.89. The maximum Gasteiger partial charge on any atom is 0.258 e. The van der Waals surface area contributed by atoms with E-state index in [0.717, 1.165) is 19.5 Å². The lowest BCUT2D eigenvalue weighted by atomic mass is 10.00. The quantitative estimate of drug-likeness (QED) is 0.490. The summed E-state index contributed by atoms with van der Waals surface area (Å²) in [6.07, 6.45) is 0.197. The molecule has 4 N–H and O–H groups in total. The Hall–Kier alpha value is -2.66. The summed E-state index contributed by atoms with van der Waals surface area (Å²) in [6.45, 7) is 1.73. The van der Waals surface area contributed by atoms with E-state index in [0.29, 0.717) is 12.2 Å². The summed E-state index contributed by atoms with van der Waals surface area (Å²) in [5, 5.41) is 18.3. The summed E-state index contributed by atoms with van der Waals surface area (Å²) in [5.74, 6) is -0.468. The molecule has 3 rings (SSSR count). The van der Waals surface area contributed by atoms with Gasteiger partial charge in [-0.1, -0.05) is 30.3 Å². The van der Waals surface area contributed by atoms with Gasteiger partial charge in [-0.05, 0) is 29.7 Å². The number of anilines is 1. The Labute approximate surface area is 188 Å². The molecular formula is C22H30N4O5S. The number of hydrogen-bond donors (Lipinski definition) is 3. The average molecular weight is 463 g/mol. The van der Waals surface area contributed by atoms with Crippen LogP contribution in [0.15, 0.2) is 47.4 Å². The van der Waals surface area contributed by atoms with E-state index in [1.54, 1.807) is 31.1 Å². The van der Waals surface area contributed by atoms with Crippen molar-refractivity contribution in [3.05, 3.63) is 53.6 Å². The van der Waals surface area contributed by atoms with Crippen molar-refractivity contribution in [2.45, 2.75) is 24.0 Å². The first kappa shape index (κ1) is 24.0. The predicted octanol–water partition coefficient (Wildman–Crippen LogP) is 0.314. The van der Waals surface area contributed by atoms with E-state index < -0.39 is 28.6 Å². The number of carbonyl (C=O) groups excluding carboxylic acids is 1. The zero-order valence-corrected chi connectivity index (χ0v) is 19.1. The van der Waals surface area contributed by atoms with Crippen molar-refractivity contribution in [3.8, 4) is 5.75 Å². The minimum absolute atomic E-state index is 0.00128. The number of nitrogens with zero attached hydrogens (tertiary/aromatic N) is 2. The molecule has 2 aromatic rings. The molecule has 9 nitrogen and oxygen atoms in total. The standard InChI is InChI=1S/C22H30N4O5S/c1-25(2)19-8-5-9-20(22(19)32(23,29)30)31-15-21(28)24-12-18(27)14-26-11-10-16-6-3-4-7-17(16)13-26/h3-9,18,27H,10-15H2,1-2H3,(H,24,28)(H2,23,29,30). The lowest BCUT2D eigenvalue weighted by Gasteiger charge is -2.30. The molecule has 1 atom stereocenters. The molecule has 1 aliphatic heterocycles. The van der Waals surface area contributed by atoms with Gasteiger partial charge in [-0.25, -0.2) is 13.6 Å². The van der Waals surface area contributed by atoms with Crippen LogP contribution in [0.5, 0.6) is 5.75 Å². The molecule has 32 heavy (non-hydrogen) atoms. The summed E-state index contributed by atoms with van der Waals surface area (Å²) in [6, 6.07) is 12.9. The van der Waals surface area contributed by atoms with Crippen LogP contribution >= 0.6 is 0 Å². The third-order valence-corrected chi connectivity index (χ3v) is 6.28. The van der Waals surface area contributed by atoms with Crippen LogP contribution in [0.25, 0.3) is 0 Å². The normalized spacial score (nSPS) is 15.0. The number of amides is 1. The number of rotatable bonds is 9. The molecule has 1 heterocycles. The van der Waals surface area contributed by atoms with Crippen molar-refractivity contribution in [1.29, 1.82) is 0 Å². The SMILES string of the molecule is CN(C)c1cccc(OCC(=O)NCC(O)CN2CCc3ccccc3C2)c1S(N)(=O)=O. The molecule has 10 heteroatoms. The Morgan fingerprint density at radius 2 is 1.94 bits per heavy atom. The largest absolute Gasteiger partial charge is 0.482 e. The summed E-state index contributed by atoms with van der Waals surface area (Å²) < 4.78 is 29.5. The zero-order chi connectivity index (χ0) is 23.3. The topological polar surface area (TPSA) is 125 Å². The molecule has 1 unspecified atom stereocenters. The predicted molar refractivity (Wildman–Crippen MR) is 122 cm³/mol. The maximum atomic E-state index is 12.2. The van der Waals surface area contributed by atoms with Gasteiger partial charge in [0.25, 0.3) is 5.91 Å². The minimum atomic E-state index is -4.06. The van der Waals surface area contributed by atoms with Crippen molar-refractivity contribution in [2.24, 2.45) is 5.14 Å². The van der Waals surface area contributed by atoms with Gasteiger partial charge in [-0.15, -0.1) is 0 Å². The van der Waals surface area contributed by atoms with Crippen LogP contribution in [0, 0.1) is 0 Å². The average Bonchev–Trinajstić information content (AvgIpc) is 2.75. The van der Waals surface area contributed by atoms with Crippen LogP contribution in [-0.2, 0) is 27.8 Å². The summed E-state index contributed by atoms with van der Waals surface area (Å²) in [5.41, 5.74) is 2.96. The molecule has 0 fully saturated rings. The van der Waals surface area contributed by atoms with Crippen LogP contribution in [0.3, 0.4) is 0 Å². The molecule has 174 valence electrons. The van der Waals surface area contributed by atoms with Crippen LogP contribution in [0.1, 0.15) is 11.1 Å². The van der Waals surface area contributed by atoms with E-state index >= 15 is 0 Å². The van der Waals surface area contributed by atoms with E-state index in [2.05, 4.69) is 22.3 Å². The van der Waals surface area contributed by atoms with Gasteiger partial charge in [0, 0.05) is 40.3 Å². The second-order valence-corrected chi connectivity index (χ2v) is 9.54. The lowest BCUT2D eigenvalue weighted by Crippen LogP contribution is -2.42. The Morgan fingerprint density at radius 1 is 1.22 bits per heavy atom. The van der Waals surface area contributed by atoms with E-state index in [4.69, 9.17) is 9.88 Å². The maximum absolute atomic E-state index is 12.2. The van der Waals surface area contributed by atoms with Gasteiger partial charge >= 0.3 is 0 Å². The van der Waals surface area contributed by atoms with Crippen LogP contribution < -0.4 is 20.1 Å². The Morgan fingerprint density at radius 3 is 2.62 bits per heavy atom. The Kier molecular flexibility index (Phi) is 7.73. The highest BCUT2D eigenvalue weighted by atomic mass is 32.2. The van der Waals surface area contributed by atoms with Crippen molar-refractivity contribution >= 4 is 21.6 Å². The molecular weight excluding hydrogens is 432 g/mol. The van der Waals surface area contributed by atoms with Gasteiger partial charge in [-0.3, -0.25) is 9.69 Å². The Balaban J connectivity index is 1.50. The van der Waals surface area contributed by atoms with Gasteiger partial charge in [0.2, 0.25) is 10.0 Å². The fourth-order valence-corrected chi connectivity index (χ4v) is 4.70. The molecule has 0 saturated heterocycles. The molecule has 0 aliphatic carbocycles. The van der Waals surface area contributed by atoms with Crippen LogP contribution in [0.2, 0.25) is 0 Å². The van der Waals surface area contributed by atoms with Crippen LogP contribution in [0.4, 0.5) is 5.69 Å². The number of nitrogens with two attached hydrogens (primary N) is 1. The number of aliphatic hydroxyl groups is 1. The zero-order valence-electron chi connectivity index (χ0n) is 18.3. The number of carbonyl (C=O) groups is 1. The first-order valence-electron chi connectivity index (χ1n) is 10.3. The van der Waals surface area contributed by atoms with Crippen molar-refractivity contribution < 1.29 is 23.1 Å². The van der Waals surface area contributed by atoms with E-state index in [1.807, 2.05) is 12.1 Å². The summed E-state index contributed by atoms with van der Waals surface area (Å²) in [4.78, 5) is 15.8. The number of hydrogen-bond acceptors (Lipinski definition) is 7. The van der Waals surface area contributed by atoms with Gasteiger partial charge in [0.15, 0.2) is 6.61 Å². The molecule has 1 aliphatic rings. The number of sulfonamides is 1. The molecule has 2 aromatic carbocycles. The van der Waals surface area contributed by atoms with Crippen molar-refractivity contribution in [2.75, 3.05) is 45.2 Å². The van der Waals surface area contributed by atoms with Crippen molar-refractivity contribution in [1.82, 2.24) is 10.2 Å². The first-order chi connectivity index (χ1) is 15.1. The number of fused-ring (bicyclic) bond motifs is 1. The fraction of sp³-hybridized carbons (Fsp3) is 0.409. The second kappa shape index (κ2) is 10.3. The minimum Gasteiger partial charge on any atom is -0.482 e. The molecule has 0 aromatic heterocycles. The number of primary sulfonamides is 1. The first-order valence-corrected chi connectivity index (χ1v) is 11.9. The smallest absolute Gasteiger partial charge is 0.258 e. The Bertz CT molecular complexity index is 1060. The summed E-state index contributed by atoms with van der Waals surface area (Å²) >= 11 is 0. The number of nitrogens with one attached hydrogen (secondary N) is 1. The number of benzene rings is 2. The molecule has 0 spiro atoms. The number of ether oxygens (including phenoxy) is 1. The van der Waals surface area contributed by atoms with E-state index in [-0.39, 0.29) is 17.2 Å². The molecule has 0 radical (unpaired) electrons. The highest BCUT2D eigenvalue weighted by Crippen LogP contribution is 2.32. The fourth-order valence-electron chi connectivity index (χ4n) is 3.75. The van der Waals surface area contributed by atoms with E-state index in [9.17, 15) is 18.3 Å². The highest BCUT2D eigenvalue weighted by Gasteiger charge is 2.23. The molecule has 1 amide bonds. The van der Waals surface area contributed by atoms with Gasteiger partial charge < -0.3 is 20.1 Å². The van der Waals surface area contributed by atoms with Gasteiger partial charge in [0.1, 0.15) is 10.6 Å². The second-order valence-electron chi connectivity index (χ2n) is 8.04. The van der Waals surface area contributed by atoms with Gasteiger partial charge in [-0.2, -0.15) is 0 Å². The monoisotopic (exact) mass is 462 g/mol. The third kappa shape index (κ3) is 6.19. The molecule has 0 saturated carbocycles. The summed E-state index contributed by atoms with van der Waals surface area (Å²) in [7, 11) is -0.698. The number of aliphatic hydroxyl groups excluding tert-OH is 1. The lowest BCUT2D eigenvalue weighted by molar-refractivity contribution is -0.123. The van der Waals surface area contributed by atoms with Crippen molar-refractivity contribution in [3.63, 3.8) is 0 Å². The number of β-amino-alcohol motifs (C(OH)–C–C–N with tert-alkyl or cyclic N) is 1.